The standard InChI is InChI=1S/C15H14BrN3O3S/c16-12-4-6-13(7-5-12)23(20,21)18-11-14(15-3-1-10-22-15)19-9-2-8-17-19/h1-10,14,18H,11H2. The Kier molecular flexibility index (Phi) is 4.65. The van der Waals surface area contributed by atoms with E-state index in [1.807, 2.05) is 0 Å². The number of aromatic nitrogens is 2. The topological polar surface area (TPSA) is 77.1 Å². The smallest absolute Gasteiger partial charge is 0.240 e. The van der Waals surface area contributed by atoms with E-state index in [2.05, 4.69) is 25.8 Å². The van der Waals surface area contributed by atoms with Crippen molar-refractivity contribution in [2.75, 3.05) is 6.54 Å². The van der Waals surface area contributed by atoms with Crippen LogP contribution in [0.3, 0.4) is 0 Å². The van der Waals surface area contributed by atoms with Gasteiger partial charge in [0.05, 0.1) is 11.2 Å². The molecule has 0 fully saturated rings. The fourth-order valence-electron chi connectivity index (χ4n) is 2.16. The molecule has 0 bridgehead atoms. The lowest BCUT2D eigenvalue weighted by Gasteiger charge is -2.16. The lowest BCUT2D eigenvalue weighted by molar-refractivity contribution is 0.402. The Morgan fingerprint density at radius 3 is 2.61 bits per heavy atom. The second-order valence-electron chi connectivity index (χ2n) is 4.82. The summed E-state index contributed by atoms with van der Waals surface area (Å²) >= 11 is 3.29. The summed E-state index contributed by atoms with van der Waals surface area (Å²) in [6, 6.07) is 11.4. The van der Waals surface area contributed by atoms with Crippen LogP contribution in [0.1, 0.15) is 11.8 Å². The van der Waals surface area contributed by atoms with Crippen LogP contribution in [0, 0.1) is 0 Å². The van der Waals surface area contributed by atoms with Gasteiger partial charge in [0.1, 0.15) is 11.8 Å². The normalized spacial score (nSPS) is 13.1. The maximum absolute atomic E-state index is 12.4. The Morgan fingerprint density at radius 1 is 1.22 bits per heavy atom. The monoisotopic (exact) mass is 395 g/mol. The van der Waals surface area contributed by atoms with Crippen molar-refractivity contribution in [1.82, 2.24) is 14.5 Å². The Bertz CT molecular complexity index is 810. The Balaban J connectivity index is 1.80. The van der Waals surface area contributed by atoms with Crippen LogP contribution in [0.4, 0.5) is 0 Å². The van der Waals surface area contributed by atoms with Crippen molar-refractivity contribution in [2.24, 2.45) is 0 Å². The largest absolute Gasteiger partial charge is 0.467 e. The predicted octanol–water partition coefficient (Wildman–Crippen LogP) is 2.81. The molecule has 0 amide bonds. The molecule has 3 rings (SSSR count). The van der Waals surface area contributed by atoms with Crippen LogP contribution in [0.15, 0.2) is 74.9 Å². The van der Waals surface area contributed by atoms with Crippen molar-refractivity contribution in [3.63, 3.8) is 0 Å². The van der Waals surface area contributed by atoms with Gasteiger partial charge in [-0.05, 0) is 42.5 Å². The highest BCUT2D eigenvalue weighted by molar-refractivity contribution is 9.10. The summed E-state index contributed by atoms with van der Waals surface area (Å²) in [5.74, 6) is 0.632. The highest BCUT2D eigenvalue weighted by Gasteiger charge is 2.21. The molecular formula is C15H14BrN3O3S. The maximum Gasteiger partial charge on any atom is 0.240 e. The van der Waals surface area contributed by atoms with E-state index in [0.29, 0.717) is 5.76 Å². The molecule has 0 spiro atoms. The molecule has 2 heterocycles. The molecule has 6 nitrogen and oxygen atoms in total. The summed E-state index contributed by atoms with van der Waals surface area (Å²) < 4.78 is 35.3. The van der Waals surface area contributed by atoms with Crippen LogP contribution < -0.4 is 4.72 Å². The van der Waals surface area contributed by atoms with E-state index in [1.165, 1.54) is 0 Å². The summed E-state index contributed by atoms with van der Waals surface area (Å²) in [5.41, 5.74) is 0. The van der Waals surface area contributed by atoms with E-state index in [-0.39, 0.29) is 17.5 Å². The molecule has 120 valence electrons. The molecule has 3 aromatic rings. The molecule has 0 aliphatic rings. The van der Waals surface area contributed by atoms with E-state index in [1.54, 1.807) is 65.8 Å². The zero-order valence-corrected chi connectivity index (χ0v) is 14.4. The third kappa shape index (κ3) is 3.72. The van der Waals surface area contributed by atoms with E-state index < -0.39 is 10.0 Å². The number of hydrogen-bond acceptors (Lipinski definition) is 4. The summed E-state index contributed by atoms with van der Waals surface area (Å²) in [7, 11) is -3.61. The van der Waals surface area contributed by atoms with Gasteiger partial charge in [-0.1, -0.05) is 15.9 Å². The quantitative estimate of drug-likeness (QED) is 0.695. The fourth-order valence-corrected chi connectivity index (χ4v) is 3.46. The SMILES string of the molecule is O=S(=O)(NCC(c1ccco1)n1cccn1)c1ccc(Br)cc1. The minimum atomic E-state index is -3.61. The minimum Gasteiger partial charge on any atom is -0.467 e. The van der Waals surface area contributed by atoms with Crippen molar-refractivity contribution >= 4 is 26.0 Å². The van der Waals surface area contributed by atoms with Crippen molar-refractivity contribution in [2.45, 2.75) is 10.9 Å². The second-order valence-corrected chi connectivity index (χ2v) is 7.51. The molecular weight excluding hydrogens is 382 g/mol. The van der Waals surface area contributed by atoms with Crippen LogP contribution in [0.25, 0.3) is 0 Å². The Labute approximate surface area is 142 Å². The van der Waals surface area contributed by atoms with Gasteiger partial charge in [0.15, 0.2) is 0 Å². The van der Waals surface area contributed by atoms with Gasteiger partial charge in [-0.3, -0.25) is 4.68 Å². The molecule has 23 heavy (non-hydrogen) atoms. The van der Waals surface area contributed by atoms with E-state index in [0.717, 1.165) is 4.47 Å². The molecule has 2 aromatic heterocycles. The molecule has 0 aliphatic heterocycles. The van der Waals surface area contributed by atoms with Gasteiger partial charge in [-0.25, -0.2) is 13.1 Å². The highest BCUT2D eigenvalue weighted by atomic mass is 79.9. The fraction of sp³-hybridized carbons (Fsp3) is 0.133. The van der Waals surface area contributed by atoms with Crippen LogP contribution in [0.2, 0.25) is 0 Å². The van der Waals surface area contributed by atoms with Gasteiger partial charge < -0.3 is 4.42 Å². The van der Waals surface area contributed by atoms with Gasteiger partial charge in [-0.15, -0.1) is 0 Å². The first-order valence-electron chi connectivity index (χ1n) is 6.84. The number of nitrogens with one attached hydrogen (secondary N) is 1. The van der Waals surface area contributed by atoms with Gasteiger partial charge >= 0.3 is 0 Å². The molecule has 0 saturated heterocycles. The zero-order valence-electron chi connectivity index (χ0n) is 12.0. The number of nitrogens with zero attached hydrogens (tertiary/aromatic N) is 2. The molecule has 0 radical (unpaired) electrons. The second kappa shape index (κ2) is 6.69. The lowest BCUT2D eigenvalue weighted by atomic mass is 10.2. The van der Waals surface area contributed by atoms with Crippen LogP contribution in [-0.4, -0.2) is 24.7 Å². The first-order chi connectivity index (χ1) is 11.1. The average Bonchev–Trinajstić information content (AvgIpc) is 3.21. The molecule has 1 N–H and O–H groups in total. The van der Waals surface area contributed by atoms with E-state index in [9.17, 15) is 8.42 Å². The van der Waals surface area contributed by atoms with Gasteiger partial charge in [0.25, 0.3) is 0 Å². The van der Waals surface area contributed by atoms with Crippen LogP contribution in [0.5, 0.6) is 0 Å². The Morgan fingerprint density at radius 2 is 2.00 bits per heavy atom. The van der Waals surface area contributed by atoms with Gasteiger partial charge in [-0.2, -0.15) is 5.10 Å². The molecule has 1 aromatic carbocycles. The third-order valence-corrected chi connectivity index (χ3v) is 5.27. The Hall–Kier alpha value is -1.90. The van der Waals surface area contributed by atoms with E-state index in [4.69, 9.17) is 4.42 Å². The van der Waals surface area contributed by atoms with Crippen LogP contribution in [-0.2, 0) is 10.0 Å². The molecule has 0 saturated carbocycles. The van der Waals surface area contributed by atoms with E-state index >= 15 is 0 Å². The average molecular weight is 396 g/mol. The summed E-state index contributed by atoms with van der Waals surface area (Å²) in [6.07, 6.45) is 4.95. The number of rotatable bonds is 6. The zero-order chi connectivity index (χ0) is 16.3. The number of halogens is 1. The first-order valence-corrected chi connectivity index (χ1v) is 9.12. The number of benzene rings is 1. The van der Waals surface area contributed by atoms with Crippen molar-refractivity contribution in [3.05, 3.63) is 71.4 Å². The van der Waals surface area contributed by atoms with Crippen molar-refractivity contribution in [1.29, 1.82) is 0 Å². The lowest BCUT2D eigenvalue weighted by Crippen LogP contribution is -2.31. The molecule has 8 heteroatoms. The minimum absolute atomic E-state index is 0.133. The highest BCUT2D eigenvalue weighted by Crippen LogP contribution is 2.19. The van der Waals surface area contributed by atoms with Crippen LogP contribution >= 0.6 is 15.9 Å². The number of sulfonamides is 1. The summed E-state index contributed by atoms with van der Waals surface area (Å²) in [4.78, 5) is 0.208. The molecule has 1 atom stereocenters. The number of hydrogen-bond donors (Lipinski definition) is 1. The maximum atomic E-state index is 12.4. The van der Waals surface area contributed by atoms with Gasteiger partial charge in [0, 0.05) is 23.4 Å². The summed E-state index contributed by atoms with van der Waals surface area (Å²) in [5, 5.41) is 4.17. The predicted molar refractivity (Wildman–Crippen MR) is 88.4 cm³/mol. The molecule has 1 unspecified atom stereocenters. The number of furan rings is 1. The third-order valence-electron chi connectivity index (χ3n) is 3.31. The van der Waals surface area contributed by atoms with Gasteiger partial charge in [0.2, 0.25) is 10.0 Å². The van der Waals surface area contributed by atoms with Crippen molar-refractivity contribution < 1.29 is 12.8 Å². The first kappa shape index (κ1) is 16.0. The molecule has 0 aliphatic carbocycles. The summed E-state index contributed by atoms with van der Waals surface area (Å²) in [6.45, 7) is 0.133. The van der Waals surface area contributed by atoms with Crippen molar-refractivity contribution in [3.8, 4) is 0 Å².